The second-order valence-electron chi connectivity index (χ2n) is 6.61. The molecular formula is C16H31NO2. The largest absolute Gasteiger partial charge is 0.379 e. The van der Waals surface area contributed by atoms with E-state index in [-0.39, 0.29) is 11.7 Å². The van der Waals surface area contributed by atoms with Crippen molar-refractivity contribution in [2.24, 2.45) is 5.92 Å². The van der Waals surface area contributed by atoms with Gasteiger partial charge < -0.3 is 14.8 Å². The number of hydrogen-bond acceptors (Lipinski definition) is 3. The zero-order chi connectivity index (χ0) is 13.7. The summed E-state index contributed by atoms with van der Waals surface area (Å²) in [6.07, 6.45) is 7.90. The summed E-state index contributed by atoms with van der Waals surface area (Å²) in [5.41, 5.74) is 0.0611. The maximum atomic E-state index is 6.42. The van der Waals surface area contributed by atoms with E-state index in [1.54, 1.807) is 0 Å². The van der Waals surface area contributed by atoms with Crippen LogP contribution in [0.3, 0.4) is 0 Å². The lowest BCUT2D eigenvalue weighted by Crippen LogP contribution is -2.48. The zero-order valence-corrected chi connectivity index (χ0v) is 12.9. The molecular weight excluding hydrogens is 238 g/mol. The van der Waals surface area contributed by atoms with Crippen molar-refractivity contribution in [3.63, 3.8) is 0 Å². The molecule has 2 aliphatic rings. The maximum absolute atomic E-state index is 6.42. The summed E-state index contributed by atoms with van der Waals surface area (Å²) in [5.74, 6) is 0.861. The predicted molar refractivity (Wildman–Crippen MR) is 78.4 cm³/mol. The molecule has 112 valence electrons. The summed E-state index contributed by atoms with van der Waals surface area (Å²) < 4.78 is 11.9. The van der Waals surface area contributed by atoms with E-state index < -0.39 is 0 Å². The van der Waals surface area contributed by atoms with Gasteiger partial charge >= 0.3 is 0 Å². The molecule has 3 nitrogen and oxygen atoms in total. The quantitative estimate of drug-likeness (QED) is 0.734. The lowest BCUT2D eigenvalue weighted by molar-refractivity contribution is -0.130. The molecule has 19 heavy (non-hydrogen) atoms. The highest BCUT2D eigenvalue weighted by Gasteiger charge is 2.37. The van der Waals surface area contributed by atoms with Crippen molar-refractivity contribution < 1.29 is 9.47 Å². The Hall–Kier alpha value is -0.120. The van der Waals surface area contributed by atoms with Gasteiger partial charge in [0.2, 0.25) is 0 Å². The fourth-order valence-electron chi connectivity index (χ4n) is 2.99. The number of hydrogen-bond donors (Lipinski definition) is 1. The molecule has 0 heterocycles. The zero-order valence-electron chi connectivity index (χ0n) is 12.9. The average molecular weight is 269 g/mol. The fourth-order valence-corrected chi connectivity index (χ4v) is 2.99. The Morgan fingerprint density at radius 1 is 1.21 bits per heavy atom. The molecule has 0 spiro atoms. The number of rotatable bonds is 8. The smallest absolute Gasteiger partial charge is 0.0811 e. The van der Waals surface area contributed by atoms with Crippen molar-refractivity contribution in [3.05, 3.63) is 0 Å². The van der Waals surface area contributed by atoms with Gasteiger partial charge in [-0.25, -0.2) is 0 Å². The molecule has 2 fully saturated rings. The molecule has 2 saturated carbocycles. The highest BCUT2D eigenvalue weighted by atomic mass is 16.5. The third kappa shape index (κ3) is 5.05. The van der Waals surface area contributed by atoms with Crippen molar-refractivity contribution in [3.8, 4) is 0 Å². The van der Waals surface area contributed by atoms with Crippen LogP contribution in [-0.2, 0) is 9.47 Å². The Labute approximate surface area is 118 Å². The summed E-state index contributed by atoms with van der Waals surface area (Å²) in [6, 6.07) is 0.766. The van der Waals surface area contributed by atoms with Crippen molar-refractivity contribution in [2.45, 2.75) is 77.0 Å². The van der Waals surface area contributed by atoms with Gasteiger partial charge in [0.15, 0.2) is 0 Å². The van der Waals surface area contributed by atoms with E-state index in [1.165, 1.54) is 38.5 Å². The molecule has 2 rings (SSSR count). The molecule has 0 radical (unpaired) electrons. The first kappa shape index (κ1) is 15.3. The molecule has 0 saturated heterocycles. The first-order valence-corrected chi connectivity index (χ1v) is 8.12. The summed E-state index contributed by atoms with van der Waals surface area (Å²) in [7, 11) is 0. The molecule has 2 aliphatic carbocycles. The van der Waals surface area contributed by atoms with Gasteiger partial charge in [0.25, 0.3) is 0 Å². The molecule has 1 atom stereocenters. The van der Waals surface area contributed by atoms with E-state index in [2.05, 4.69) is 19.2 Å². The van der Waals surface area contributed by atoms with E-state index in [1.807, 2.05) is 6.92 Å². The number of ether oxygens (including phenoxy) is 2. The van der Waals surface area contributed by atoms with Gasteiger partial charge in [-0.15, -0.1) is 0 Å². The Morgan fingerprint density at radius 2 is 1.89 bits per heavy atom. The Balaban J connectivity index is 1.84. The summed E-state index contributed by atoms with van der Waals surface area (Å²) in [4.78, 5) is 0. The molecule has 0 amide bonds. The molecule has 0 bridgehead atoms. The third-order valence-electron chi connectivity index (χ3n) is 4.48. The van der Waals surface area contributed by atoms with Gasteiger partial charge in [0.05, 0.1) is 18.3 Å². The van der Waals surface area contributed by atoms with E-state index in [0.29, 0.717) is 0 Å². The van der Waals surface area contributed by atoms with Gasteiger partial charge in [0, 0.05) is 19.2 Å². The Bertz CT molecular complexity index is 257. The molecule has 1 N–H and O–H groups in total. The minimum Gasteiger partial charge on any atom is -0.379 e. The summed E-state index contributed by atoms with van der Waals surface area (Å²) in [5, 5.41) is 3.68. The van der Waals surface area contributed by atoms with Crippen LogP contribution >= 0.6 is 0 Å². The molecule has 3 heteroatoms. The molecule has 0 aromatic rings. The van der Waals surface area contributed by atoms with Gasteiger partial charge in [-0.05, 0) is 58.3 Å². The summed E-state index contributed by atoms with van der Waals surface area (Å²) in [6.45, 7) is 9.07. The van der Waals surface area contributed by atoms with Crippen molar-refractivity contribution in [1.82, 2.24) is 5.32 Å². The third-order valence-corrected chi connectivity index (χ3v) is 4.48. The fraction of sp³-hybridized carbons (Fsp3) is 1.00. The first-order chi connectivity index (χ1) is 9.13. The second-order valence-corrected chi connectivity index (χ2v) is 6.61. The highest BCUT2D eigenvalue weighted by molar-refractivity contribution is 4.92. The minimum atomic E-state index is 0.0611. The van der Waals surface area contributed by atoms with Gasteiger partial charge in [-0.2, -0.15) is 0 Å². The lowest BCUT2D eigenvalue weighted by Gasteiger charge is -2.41. The van der Waals surface area contributed by atoms with E-state index >= 15 is 0 Å². The van der Waals surface area contributed by atoms with Crippen LogP contribution in [0.5, 0.6) is 0 Å². The molecule has 0 aromatic heterocycles. The van der Waals surface area contributed by atoms with Crippen LogP contribution in [0.15, 0.2) is 0 Å². The van der Waals surface area contributed by atoms with Crippen LogP contribution in [0, 0.1) is 5.92 Å². The summed E-state index contributed by atoms with van der Waals surface area (Å²) >= 11 is 0. The molecule has 0 aliphatic heterocycles. The normalized spacial score (nSPS) is 33.3. The predicted octanol–water partition coefficient (Wildman–Crippen LogP) is 3.13. The van der Waals surface area contributed by atoms with Crippen LogP contribution in [0.1, 0.15) is 59.3 Å². The second kappa shape index (κ2) is 7.05. The highest BCUT2D eigenvalue weighted by Crippen LogP contribution is 2.36. The van der Waals surface area contributed by atoms with E-state index in [4.69, 9.17) is 9.47 Å². The number of nitrogens with one attached hydrogen (secondary N) is 1. The van der Waals surface area contributed by atoms with Gasteiger partial charge in [-0.3, -0.25) is 0 Å². The van der Waals surface area contributed by atoms with Crippen molar-refractivity contribution >= 4 is 0 Å². The Kier molecular flexibility index (Phi) is 5.67. The maximum Gasteiger partial charge on any atom is 0.0811 e. The standard InChI is InChI=1S/C16H31NO2/c1-4-18-11-14(3)19-16(12-17-15-5-6-15)9-7-13(2)8-10-16/h13-15,17H,4-12H2,1-3H3. The topological polar surface area (TPSA) is 30.5 Å². The van der Waals surface area contributed by atoms with Crippen molar-refractivity contribution in [2.75, 3.05) is 19.8 Å². The van der Waals surface area contributed by atoms with Crippen LogP contribution in [0.25, 0.3) is 0 Å². The molecule has 1 unspecified atom stereocenters. The lowest BCUT2D eigenvalue weighted by atomic mass is 9.79. The van der Waals surface area contributed by atoms with Gasteiger partial charge in [0.1, 0.15) is 0 Å². The van der Waals surface area contributed by atoms with Gasteiger partial charge in [-0.1, -0.05) is 6.92 Å². The van der Waals surface area contributed by atoms with E-state index in [0.717, 1.165) is 31.7 Å². The first-order valence-electron chi connectivity index (χ1n) is 8.12. The van der Waals surface area contributed by atoms with Crippen molar-refractivity contribution in [1.29, 1.82) is 0 Å². The Morgan fingerprint density at radius 3 is 2.47 bits per heavy atom. The van der Waals surface area contributed by atoms with E-state index in [9.17, 15) is 0 Å². The van der Waals surface area contributed by atoms with Crippen LogP contribution < -0.4 is 5.32 Å². The van der Waals surface area contributed by atoms with Crippen LogP contribution in [-0.4, -0.2) is 37.5 Å². The monoisotopic (exact) mass is 269 g/mol. The van der Waals surface area contributed by atoms with Crippen LogP contribution in [0.4, 0.5) is 0 Å². The van der Waals surface area contributed by atoms with Crippen LogP contribution in [0.2, 0.25) is 0 Å². The SMILES string of the molecule is CCOCC(C)OC1(CNC2CC2)CCC(C)CC1. The molecule has 0 aromatic carbocycles. The average Bonchev–Trinajstić information content (AvgIpc) is 3.22. The minimum absolute atomic E-state index is 0.0611.